The maximum absolute atomic E-state index is 4.84. The Morgan fingerprint density at radius 2 is 1.48 bits per heavy atom. The lowest BCUT2D eigenvalue weighted by atomic mass is 10.2. The van der Waals surface area contributed by atoms with Crippen LogP contribution in [-0.4, -0.2) is 49.5 Å². The van der Waals surface area contributed by atoms with Crippen molar-refractivity contribution in [2.75, 3.05) is 25.6 Å². The van der Waals surface area contributed by atoms with E-state index in [0.29, 0.717) is 0 Å². The summed E-state index contributed by atoms with van der Waals surface area (Å²) in [6.45, 7) is 9.10. The SMILES string of the molecule is CCN(CSC1=NN(CN(CC)Cc2ccccc2)C(S)S1)Cc1ccccc1. The summed E-state index contributed by atoms with van der Waals surface area (Å²) in [7, 11) is 0. The van der Waals surface area contributed by atoms with Crippen LogP contribution in [0.4, 0.5) is 0 Å². The molecule has 0 radical (unpaired) electrons. The zero-order valence-electron chi connectivity index (χ0n) is 17.1. The van der Waals surface area contributed by atoms with E-state index in [1.54, 1.807) is 11.8 Å². The van der Waals surface area contributed by atoms with Gasteiger partial charge in [0.1, 0.15) is 4.71 Å². The van der Waals surface area contributed by atoms with Crippen LogP contribution in [0.1, 0.15) is 25.0 Å². The van der Waals surface area contributed by atoms with Gasteiger partial charge in [0, 0.05) is 13.1 Å². The molecule has 0 saturated carbocycles. The summed E-state index contributed by atoms with van der Waals surface area (Å²) >= 11 is 8.31. The topological polar surface area (TPSA) is 22.1 Å². The number of hydrogen-bond donors (Lipinski definition) is 1. The summed E-state index contributed by atoms with van der Waals surface area (Å²) in [5.41, 5.74) is 2.68. The number of rotatable bonds is 10. The van der Waals surface area contributed by atoms with Crippen LogP contribution in [0, 0.1) is 0 Å². The van der Waals surface area contributed by atoms with Gasteiger partial charge in [-0.25, -0.2) is 0 Å². The predicted octanol–water partition coefficient (Wildman–Crippen LogP) is 5.21. The Bertz CT molecular complexity index is 757. The normalized spacial score (nSPS) is 16.7. The zero-order chi connectivity index (χ0) is 20.5. The van der Waals surface area contributed by atoms with Gasteiger partial charge in [0.2, 0.25) is 0 Å². The minimum Gasteiger partial charge on any atom is -0.290 e. The van der Waals surface area contributed by atoms with Crippen molar-refractivity contribution in [2.45, 2.75) is 31.6 Å². The molecule has 2 aromatic rings. The molecule has 1 aliphatic rings. The van der Waals surface area contributed by atoms with Gasteiger partial charge in [-0.2, -0.15) is 5.10 Å². The van der Waals surface area contributed by atoms with Crippen molar-refractivity contribution < 1.29 is 0 Å². The van der Waals surface area contributed by atoms with E-state index in [9.17, 15) is 0 Å². The molecule has 1 atom stereocenters. The Labute approximate surface area is 189 Å². The number of benzene rings is 2. The molecule has 7 heteroatoms. The molecule has 4 nitrogen and oxygen atoms in total. The molecule has 156 valence electrons. The van der Waals surface area contributed by atoms with Gasteiger partial charge >= 0.3 is 0 Å². The van der Waals surface area contributed by atoms with E-state index in [-0.39, 0.29) is 4.71 Å². The Balaban J connectivity index is 1.51. The van der Waals surface area contributed by atoms with Gasteiger partial charge in [-0.1, -0.05) is 98.0 Å². The quantitative estimate of drug-likeness (QED) is 0.398. The largest absolute Gasteiger partial charge is 0.290 e. The highest BCUT2D eigenvalue weighted by molar-refractivity contribution is 8.41. The van der Waals surface area contributed by atoms with Gasteiger partial charge in [0.25, 0.3) is 0 Å². The fourth-order valence-electron chi connectivity index (χ4n) is 3.04. The van der Waals surface area contributed by atoms with Crippen LogP contribution in [0.2, 0.25) is 0 Å². The van der Waals surface area contributed by atoms with Gasteiger partial charge in [-0.15, -0.1) is 12.6 Å². The minimum atomic E-state index is 0.0755. The first kappa shape index (κ1) is 22.6. The maximum atomic E-state index is 4.84. The van der Waals surface area contributed by atoms with Crippen LogP contribution in [0.3, 0.4) is 0 Å². The average Bonchev–Trinajstić information content (AvgIpc) is 3.11. The van der Waals surface area contributed by atoms with Gasteiger partial charge in [-0.3, -0.25) is 14.8 Å². The number of hydrogen-bond acceptors (Lipinski definition) is 7. The van der Waals surface area contributed by atoms with Gasteiger partial charge < -0.3 is 0 Å². The van der Waals surface area contributed by atoms with Crippen molar-refractivity contribution >= 4 is 40.5 Å². The van der Waals surface area contributed by atoms with Gasteiger partial charge in [0.05, 0.1) is 12.5 Å². The summed E-state index contributed by atoms with van der Waals surface area (Å²) in [4.78, 5) is 4.83. The standard InChI is InChI=1S/C22H30N4S3/c1-3-24(15-19-11-7-5-8-12-19)17-26-22(27)29-21(23-26)28-18-25(4-2)16-20-13-9-6-10-14-20/h5-14,22,27H,3-4,15-18H2,1-2H3. The smallest absolute Gasteiger partial charge is 0.154 e. The molecule has 0 amide bonds. The fraction of sp³-hybridized carbons (Fsp3) is 0.409. The van der Waals surface area contributed by atoms with Crippen LogP contribution in [0.15, 0.2) is 65.8 Å². The Kier molecular flexibility index (Phi) is 9.27. The molecule has 0 saturated heterocycles. The van der Waals surface area contributed by atoms with Crippen LogP contribution < -0.4 is 0 Å². The van der Waals surface area contributed by atoms with E-state index in [0.717, 1.165) is 43.1 Å². The molecule has 0 N–H and O–H groups in total. The molecule has 2 aromatic carbocycles. The van der Waals surface area contributed by atoms with Crippen molar-refractivity contribution in [1.82, 2.24) is 14.8 Å². The van der Waals surface area contributed by atoms with Gasteiger partial charge in [0.15, 0.2) is 4.38 Å². The molecule has 29 heavy (non-hydrogen) atoms. The zero-order valence-corrected chi connectivity index (χ0v) is 19.7. The summed E-state index contributed by atoms with van der Waals surface area (Å²) in [5, 5.41) is 6.94. The molecule has 3 rings (SSSR count). The Morgan fingerprint density at radius 3 is 2.03 bits per heavy atom. The molecule has 0 aromatic heterocycles. The van der Waals surface area contributed by atoms with Crippen LogP contribution >= 0.6 is 36.2 Å². The predicted molar refractivity (Wildman–Crippen MR) is 132 cm³/mol. The molecule has 1 aliphatic heterocycles. The van der Waals surface area contributed by atoms with Crippen molar-refractivity contribution in [3.63, 3.8) is 0 Å². The van der Waals surface area contributed by atoms with Crippen molar-refractivity contribution in [2.24, 2.45) is 5.10 Å². The third-order valence-electron chi connectivity index (χ3n) is 4.78. The molecule has 1 unspecified atom stereocenters. The van der Waals surface area contributed by atoms with Crippen molar-refractivity contribution in [3.05, 3.63) is 71.8 Å². The van der Waals surface area contributed by atoms with Crippen molar-refractivity contribution in [1.29, 1.82) is 0 Å². The molecule has 0 aliphatic carbocycles. The lowest BCUT2D eigenvalue weighted by Crippen LogP contribution is -2.35. The first-order chi connectivity index (χ1) is 14.2. The first-order valence-corrected chi connectivity index (χ1v) is 12.4. The highest BCUT2D eigenvalue weighted by Crippen LogP contribution is 2.34. The lowest BCUT2D eigenvalue weighted by molar-refractivity contribution is 0.149. The second-order valence-corrected chi connectivity index (χ2v) is 10.0. The van der Waals surface area contributed by atoms with E-state index in [1.165, 1.54) is 11.1 Å². The Morgan fingerprint density at radius 1 is 0.931 bits per heavy atom. The molecule has 0 bridgehead atoms. The molecule has 1 heterocycles. The van der Waals surface area contributed by atoms with E-state index >= 15 is 0 Å². The minimum absolute atomic E-state index is 0.0755. The summed E-state index contributed by atoms with van der Waals surface area (Å²) in [6.07, 6.45) is 0. The van der Waals surface area contributed by atoms with Crippen LogP contribution in [0.25, 0.3) is 0 Å². The lowest BCUT2D eigenvalue weighted by Gasteiger charge is -2.27. The van der Waals surface area contributed by atoms with E-state index in [4.69, 9.17) is 17.7 Å². The monoisotopic (exact) mass is 446 g/mol. The first-order valence-electron chi connectivity index (χ1n) is 10.0. The molecular formula is C22H30N4S3. The summed E-state index contributed by atoms with van der Waals surface area (Å²) < 4.78 is 1.18. The highest BCUT2D eigenvalue weighted by Gasteiger charge is 2.26. The van der Waals surface area contributed by atoms with Gasteiger partial charge in [-0.05, 0) is 24.2 Å². The van der Waals surface area contributed by atoms with Crippen molar-refractivity contribution in [3.8, 4) is 0 Å². The van der Waals surface area contributed by atoms with Crippen LogP contribution in [0.5, 0.6) is 0 Å². The molecular weight excluding hydrogens is 416 g/mol. The summed E-state index contributed by atoms with van der Waals surface area (Å²) in [5.74, 6) is 0.938. The molecule has 0 spiro atoms. The molecule has 0 fully saturated rings. The number of thioether (sulfide) groups is 2. The fourth-order valence-corrected chi connectivity index (χ4v) is 5.68. The third-order valence-corrected chi connectivity index (χ3v) is 7.56. The second-order valence-electron chi connectivity index (χ2n) is 6.93. The average molecular weight is 447 g/mol. The number of hydrazone groups is 1. The maximum Gasteiger partial charge on any atom is 0.154 e. The van der Waals surface area contributed by atoms with E-state index in [2.05, 4.69) is 89.3 Å². The third kappa shape index (κ3) is 7.26. The number of thiol groups is 1. The number of nitrogens with zero attached hydrogens (tertiary/aromatic N) is 4. The van der Waals surface area contributed by atoms with Crippen LogP contribution in [-0.2, 0) is 13.1 Å². The van der Waals surface area contributed by atoms with E-state index < -0.39 is 0 Å². The highest BCUT2D eigenvalue weighted by atomic mass is 32.2. The Hall–Kier alpha value is -1.12. The second kappa shape index (κ2) is 11.9. The summed E-state index contributed by atoms with van der Waals surface area (Å²) in [6, 6.07) is 21.3. The van der Waals surface area contributed by atoms with E-state index in [1.807, 2.05) is 11.8 Å².